The normalized spacial score (nSPS) is 11.1. The lowest BCUT2D eigenvalue weighted by molar-refractivity contribution is 0.818. The molecule has 0 aliphatic rings. The minimum absolute atomic E-state index is 0.762. The van der Waals surface area contributed by atoms with Gasteiger partial charge >= 0.3 is 0 Å². The Kier molecular flexibility index (Phi) is 3.65. The molecule has 0 aliphatic heterocycles. The van der Waals surface area contributed by atoms with Gasteiger partial charge in [-0.1, -0.05) is 26.0 Å². The van der Waals surface area contributed by atoms with Crippen LogP contribution >= 0.6 is 0 Å². The van der Waals surface area contributed by atoms with Crippen LogP contribution in [0.2, 0.25) is 0 Å². The molecule has 0 atom stereocenters. The number of imidazole rings is 1. The number of rotatable bonds is 4. The molecule has 3 aromatic rings. The van der Waals surface area contributed by atoms with Crippen molar-refractivity contribution in [2.24, 2.45) is 0 Å². The van der Waals surface area contributed by atoms with E-state index in [9.17, 15) is 0 Å². The summed E-state index contributed by atoms with van der Waals surface area (Å²) in [4.78, 5) is 4.78. The zero-order chi connectivity index (χ0) is 14.8. The second-order valence-corrected chi connectivity index (χ2v) is 5.39. The van der Waals surface area contributed by atoms with Gasteiger partial charge in [0.15, 0.2) is 0 Å². The van der Waals surface area contributed by atoms with Gasteiger partial charge in [-0.15, -0.1) is 0 Å². The molecule has 2 aromatic carbocycles. The highest BCUT2D eigenvalue weighted by molar-refractivity contribution is 5.81. The fraction of sp³-hybridized carbons (Fsp3) is 0.278. The molecular weight excluding hydrogens is 258 g/mol. The Labute approximate surface area is 125 Å². The van der Waals surface area contributed by atoms with Gasteiger partial charge in [0.2, 0.25) is 0 Å². The number of hydrogen-bond acceptors (Lipinski definition) is 2. The number of nitrogens with two attached hydrogens (primary N) is 1. The van der Waals surface area contributed by atoms with Crippen LogP contribution < -0.4 is 5.73 Å². The highest BCUT2D eigenvalue weighted by Crippen LogP contribution is 2.24. The number of aryl methyl sites for hydroxylation is 2. The molecule has 3 nitrogen and oxygen atoms in total. The Balaban J connectivity index is 2.25. The van der Waals surface area contributed by atoms with Crippen molar-refractivity contribution in [1.82, 2.24) is 9.55 Å². The van der Waals surface area contributed by atoms with Crippen LogP contribution in [0.15, 0.2) is 42.5 Å². The van der Waals surface area contributed by atoms with Crippen LogP contribution in [0, 0.1) is 0 Å². The zero-order valence-corrected chi connectivity index (χ0v) is 12.6. The summed E-state index contributed by atoms with van der Waals surface area (Å²) in [5, 5.41) is 0. The highest BCUT2D eigenvalue weighted by atomic mass is 15.1. The molecule has 0 unspecified atom stereocenters. The smallest absolute Gasteiger partial charge is 0.114 e. The van der Waals surface area contributed by atoms with Gasteiger partial charge in [0.1, 0.15) is 5.82 Å². The van der Waals surface area contributed by atoms with E-state index in [0.29, 0.717) is 0 Å². The van der Waals surface area contributed by atoms with Crippen molar-refractivity contribution >= 4 is 16.7 Å². The third-order valence-corrected chi connectivity index (χ3v) is 3.80. The second kappa shape index (κ2) is 5.60. The number of fused-ring (bicyclic) bond motifs is 1. The van der Waals surface area contributed by atoms with Crippen LogP contribution in [-0.2, 0) is 12.8 Å². The first-order valence-electron chi connectivity index (χ1n) is 7.59. The van der Waals surface area contributed by atoms with Crippen molar-refractivity contribution < 1.29 is 0 Å². The molecule has 1 heterocycles. The average molecular weight is 279 g/mol. The molecule has 0 spiro atoms. The number of nitrogens with zero attached hydrogens (tertiary/aromatic N) is 2. The minimum Gasteiger partial charge on any atom is -0.399 e. The molecule has 3 rings (SSSR count). The van der Waals surface area contributed by atoms with Crippen molar-refractivity contribution in [3.05, 3.63) is 53.9 Å². The monoisotopic (exact) mass is 279 g/mol. The van der Waals surface area contributed by atoms with Crippen LogP contribution in [0.5, 0.6) is 0 Å². The molecule has 0 amide bonds. The number of hydrogen-bond donors (Lipinski definition) is 1. The van der Waals surface area contributed by atoms with Gasteiger partial charge in [-0.2, -0.15) is 0 Å². The quantitative estimate of drug-likeness (QED) is 0.730. The molecule has 108 valence electrons. The summed E-state index contributed by atoms with van der Waals surface area (Å²) in [5.41, 5.74) is 11.3. The summed E-state index contributed by atoms with van der Waals surface area (Å²) in [7, 11) is 0. The molecule has 0 aliphatic carbocycles. The van der Waals surface area contributed by atoms with E-state index in [1.165, 1.54) is 11.3 Å². The number of aromatic nitrogens is 2. The number of benzene rings is 2. The van der Waals surface area contributed by atoms with E-state index in [-0.39, 0.29) is 0 Å². The van der Waals surface area contributed by atoms with Crippen LogP contribution in [0.1, 0.15) is 31.7 Å². The lowest BCUT2D eigenvalue weighted by atomic mass is 10.1. The topological polar surface area (TPSA) is 43.8 Å². The Morgan fingerprint density at radius 1 is 1.10 bits per heavy atom. The fourth-order valence-corrected chi connectivity index (χ4v) is 2.74. The van der Waals surface area contributed by atoms with E-state index >= 15 is 0 Å². The van der Waals surface area contributed by atoms with Crippen LogP contribution in [-0.4, -0.2) is 9.55 Å². The lowest BCUT2D eigenvalue weighted by Crippen LogP contribution is -2.01. The average Bonchev–Trinajstić information content (AvgIpc) is 2.84. The van der Waals surface area contributed by atoms with E-state index in [1.54, 1.807) is 0 Å². The minimum atomic E-state index is 0.762. The van der Waals surface area contributed by atoms with Crippen LogP contribution in [0.25, 0.3) is 16.7 Å². The Morgan fingerprint density at radius 3 is 2.71 bits per heavy atom. The number of nitrogen functional groups attached to an aromatic ring is 1. The van der Waals surface area contributed by atoms with Crippen LogP contribution in [0.4, 0.5) is 5.69 Å². The summed E-state index contributed by atoms with van der Waals surface area (Å²) >= 11 is 0. The maximum atomic E-state index is 5.89. The largest absolute Gasteiger partial charge is 0.399 e. The van der Waals surface area contributed by atoms with Crippen molar-refractivity contribution in [1.29, 1.82) is 0 Å². The Hall–Kier alpha value is -2.29. The zero-order valence-electron chi connectivity index (χ0n) is 12.6. The van der Waals surface area contributed by atoms with Gasteiger partial charge < -0.3 is 5.73 Å². The first-order chi connectivity index (χ1) is 10.2. The Morgan fingerprint density at radius 2 is 1.95 bits per heavy atom. The summed E-state index contributed by atoms with van der Waals surface area (Å²) in [6.45, 7) is 4.36. The SMILES string of the molecule is CCCc1nc2cc(N)ccc2n1-c1cccc(CC)c1. The maximum absolute atomic E-state index is 5.89. The van der Waals surface area contributed by atoms with Crippen molar-refractivity contribution in [2.75, 3.05) is 5.73 Å². The molecule has 0 radical (unpaired) electrons. The predicted octanol–water partition coefficient (Wildman–Crippen LogP) is 4.12. The third kappa shape index (κ3) is 2.51. The first-order valence-corrected chi connectivity index (χ1v) is 7.59. The molecule has 2 N–H and O–H groups in total. The van der Waals surface area contributed by atoms with E-state index in [4.69, 9.17) is 10.7 Å². The van der Waals surface area contributed by atoms with Gasteiger partial charge in [-0.05, 0) is 48.7 Å². The van der Waals surface area contributed by atoms with Gasteiger partial charge in [0.05, 0.1) is 11.0 Å². The summed E-state index contributed by atoms with van der Waals surface area (Å²) in [6, 6.07) is 14.6. The lowest BCUT2D eigenvalue weighted by Gasteiger charge is -2.10. The summed E-state index contributed by atoms with van der Waals surface area (Å²) < 4.78 is 2.26. The Bertz CT molecular complexity index is 771. The van der Waals surface area contributed by atoms with Gasteiger partial charge in [-0.25, -0.2) is 4.98 Å². The third-order valence-electron chi connectivity index (χ3n) is 3.80. The van der Waals surface area contributed by atoms with Gasteiger partial charge in [0.25, 0.3) is 0 Å². The summed E-state index contributed by atoms with van der Waals surface area (Å²) in [5.74, 6) is 1.10. The van der Waals surface area contributed by atoms with E-state index in [2.05, 4.69) is 48.7 Å². The highest BCUT2D eigenvalue weighted by Gasteiger charge is 2.12. The molecule has 3 heteroatoms. The van der Waals surface area contributed by atoms with Gasteiger partial charge in [-0.3, -0.25) is 4.57 Å². The maximum Gasteiger partial charge on any atom is 0.114 e. The fourth-order valence-electron chi connectivity index (χ4n) is 2.74. The van der Waals surface area contributed by atoms with E-state index in [0.717, 1.165) is 41.8 Å². The molecular formula is C18H21N3. The van der Waals surface area contributed by atoms with E-state index < -0.39 is 0 Å². The number of anilines is 1. The standard InChI is InChI=1S/C18H21N3/c1-3-6-18-20-16-12-14(19)9-10-17(16)21(18)15-8-5-7-13(4-2)11-15/h5,7-12H,3-4,6,19H2,1-2H3. The molecule has 1 aromatic heterocycles. The van der Waals surface area contributed by atoms with Crippen molar-refractivity contribution in [3.63, 3.8) is 0 Å². The van der Waals surface area contributed by atoms with Gasteiger partial charge in [0, 0.05) is 17.8 Å². The van der Waals surface area contributed by atoms with Crippen molar-refractivity contribution in [2.45, 2.75) is 33.1 Å². The van der Waals surface area contributed by atoms with Crippen LogP contribution in [0.3, 0.4) is 0 Å². The first kappa shape index (κ1) is 13.7. The predicted molar refractivity (Wildman–Crippen MR) is 88.9 cm³/mol. The molecule has 0 saturated heterocycles. The molecule has 0 saturated carbocycles. The van der Waals surface area contributed by atoms with Crippen molar-refractivity contribution in [3.8, 4) is 5.69 Å². The van der Waals surface area contributed by atoms with E-state index in [1.807, 2.05) is 12.1 Å². The second-order valence-electron chi connectivity index (χ2n) is 5.39. The summed E-state index contributed by atoms with van der Waals surface area (Å²) in [6.07, 6.45) is 3.08. The molecule has 0 bridgehead atoms. The molecule has 21 heavy (non-hydrogen) atoms. The molecule has 0 fully saturated rings.